The Hall–Kier alpha value is -1.77. The van der Waals surface area contributed by atoms with Gasteiger partial charge < -0.3 is 34.2 Å². The summed E-state index contributed by atoms with van der Waals surface area (Å²) >= 11 is 1.65. The van der Waals surface area contributed by atoms with Gasteiger partial charge >= 0.3 is 0 Å². The average Bonchev–Trinajstić information content (AvgIpc) is 3.07. The number of quaternary nitrogens is 1. The fourth-order valence-electron chi connectivity index (χ4n) is 5.45. The van der Waals surface area contributed by atoms with E-state index in [9.17, 15) is 9.59 Å². The number of primary amides is 1. The number of fused-ring (bicyclic) bond motifs is 2. The van der Waals surface area contributed by atoms with E-state index in [0.29, 0.717) is 12.0 Å². The van der Waals surface area contributed by atoms with Gasteiger partial charge in [-0.05, 0) is 34.7 Å². The van der Waals surface area contributed by atoms with Crippen molar-refractivity contribution < 1.29 is 38.0 Å². The molecule has 1 aliphatic heterocycles. The fraction of sp³-hybridized carbons (Fsp3) is 0.407. The number of hydrogen-bond acceptors (Lipinski definition) is 3. The fourth-order valence-corrected chi connectivity index (χ4v) is 7.01. The van der Waals surface area contributed by atoms with E-state index in [1.165, 1.54) is 36.1 Å². The predicted molar refractivity (Wildman–Crippen MR) is 130 cm³/mol. The van der Waals surface area contributed by atoms with Crippen molar-refractivity contribution in [1.82, 2.24) is 0 Å². The Labute approximate surface area is 216 Å². The molecule has 4 nitrogen and oxygen atoms in total. The van der Waals surface area contributed by atoms with Crippen LogP contribution < -0.4 is 29.7 Å². The molecule has 174 valence electrons. The third kappa shape index (κ3) is 5.17. The van der Waals surface area contributed by atoms with Crippen LogP contribution in [0.2, 0.25) is 0 Å². The van der Waals surface area contributed by atoms with Gasteiger partial charge in [0.25, 0.3) is 0 Å². The third-order valence-electron chi connectivity index (χ3n) is 7.33. The summed E-state index contributed by atoms with van der Waals surface area (Å²) in [6, 6.07) is 14.4. The lowest BCUT2D eigenvalue weighted by Crippen LogP contribution is -3.00. The molecule has 1 aromatic heterocycles. The third-order valence-corrected chi connectivity index (χ3v) is 8.55. The van der Waals surface area contributed by atoms with Gasteiger partial charge in [-0.1, -0.05) is 48.9 Å². The van der Waals surface area contributed by atoms with Crippen molar-refractivity contribution in [2.45, 2.75) is 45.1 Å². The Kier molecular flexibility index (Phi) is 7.26. The molecular weight excluding hydrogens is 543 g/mol. The standard InChI is InChI=1S/C27H30N2O2S.HI/c1-29(16-18-5-4-6-18)12-11-23-25(17-29)32-24(26(23)27(28)31)15-22(30)14-19-9-10-20-7-2-3-8-21(20)13-19;/h2-3,7-10,13,18H,4-6,11-12,14-17H2,1H3,(H-,28,31);1H. The molecule has 0 radical (unpaired) electrons. The average molecular weight is 575 g/mol. The van der Waals surface area contributed by atoms with Gasteiger partial charge in [0, 0.05) is 30.1 Å². The number of halogens is 1. The van der Waals surface area contributed by atoms with Crippen molar-refractivity contribution >= 4 is 33.8 Å². The summed E-state index contributed by atoms with van der Waals surface area (Å²) in [4.78, 5) is 27.5. The Bertz CT molecular complexity index is 1200. The molecule has 1 atom stereocenters. The van der Waals surface area contributed by atoms with E-state index in [2.05, 4.69) is 31.3 Å². The van der Waals surface area contributed by atoms with E-state index in [1.807, 2.05) is 18.2 Å². The van der Waals surface area contributed by atoms with Crippen LogP contribution in [0, 0.1) is 5.92 Å². The first-order valence-corrected chi connectivity index (χ1v) is 12.5. The molecule has 2 aromatic carbocycles. The zero-order chi connectivity index (χ0) is 22.3. The first kappa shape index (κ1) is 24.4. The van der Waals surface area contributed by atoms with Gasteiger partial charge in [-0.25, -0.2) is 0 Å². The number of nitrogens with two attached hydrogens (primary N) is 1. The summed E-state index contributed by atoms with van der Waals surface area (Å²) in [6.45, 7) is 3.22. The second kappa shape index (κ2) is 9.84. The van der Waals surface area contributed by atoms with E-state index in [0.717, 1.165) is 51.3 Å². The van der Waals surface area contributed by atoms with E-state index >= 15 is 0 Å². The molecule has 0 bridgehead atoms. The molecule has 1 unspecified atom stereocenters. The highest BCUT2D eigenvalue weighted by Gasteiger charge is 2.37. The maximum absolute atomic E-state index is 13.0. The maximum Gasteiger partial charge on any atom is 0.250 e. The number of benzene rings is 2. The van der Waals surface area contributed by atoms with Crippen LogP contribution in [-0.4, -0.2) is 36.3 Å². The molecule has 1 fully saturated rings. The predicted octanol–water partition coefficient (Wildman–Crippen LogP) is 1.66. The van der Waals surface area contributed by atoms with E-state index in [-0.39, 0.29) is 42.1 Å². The van der Waals surface area contributed by atoms with Gasteiger partial charge in [0.05, 0.1) is 30.6 Å². The highest BCUT2D eigenvalue weighted by molar-refractivity contribution is 7.12. The molecule has 3 aromatic rings. The van der Waals surface area contributed by atoms with Crippen molar-refractivity contribution in [2.75, 3.05) is 20.1 Å². The lowest BCUT2D eigenvalue weighted by molar-refractivity contribution is -0.927. The maximum atomic E-state index is 13.0. The number of amides is 1. The summed E-state index contributed by atoms with van der Waals surface area (Å²) in [5.41, 5.74) is 8.56. The molecule has 1 amide bonds. The van der Waals surface area contributed by atoms with Crippen LogP contribution in [0.15, 0.2) is 42.5 Å². The molecule has 6 heteroatoms. The van der Waals surface area contributed by atoms with E-state index < -0.39 is 0 Å². The lowest BCUT2D eigenvalue weighted by atomic mass is 9.84. The number of nitrogens with zero attached hydrogens (tertiary/aromatic N) is 1. The smallest absolute Gasteiger partial charge is 0.250 e. The first-order chi connectivity index (χ1) is 15.4. The number of ketones is 1. The quantitative estimate of drug-likeness (QED) is 0.345. The number of rotatable bonds is 7. The van der Waals surface area contributed by atoms with Gasteiger partial charge in [0.1, 0.15) is 12.3 Å². The number of carbonyl (C=O) groups is 2. The van der Waals surface area contributed by atoms with Crippen molar-refractivity contribution in [3.8, 4) is 0 Å². The second-order valence-electron chi connectivity index (χ2n) is 9.97. The summed E-state index contributed by atoms with van der Waals surface area (Å²) in [5.74, 6) is 0.597. The van der Waals surface area contributed by atoms with Crippen molar-refractivity contribution in [3.63, 3.8) is 0 Å². The number of hydrogen-bond donors (Lipinski definition) is 1. The van der Waals surface area contributed by atoms with Crippen LogP contribution in [0.4, 0.5) is 0 Å². The van der Waals surface area contributed by atoms with Crippen molar-refractivity contribution in [1.29, 1.82) is 0 Å². The largest absolute Gasteiger partial charge is 1.00 e. The normalized spacial score (nSPS) is 20.0. The molecular formula is C27H31IN2O2S. The molecule has 5 rings (SSSR count). The minimum Gasteiger partial charge on any atom is -1.00 e. The zero-order valence-corrected chi connectivity index (χ0v) is 22.1. The van der Waals surface area contributed by atoms with Crippen LogP contribution in [0.5, 0.6) is 0 Å². The molecule has 0 spiro atoms. The van der Waals surface area contributed by atoms with Gasteiger partial charge in [-0.2, -0.15) is 0 Å². The molecule has 2 aliphatic rings. The summed E-state index contributed by atoms with van der Waals surface area (Å²) in [7, 11) is 2.34. The summed E-state index contributed by atoms with van der Waals surface area (Å²) in [5, 5.41) is 2.32. The van der Waals surface area contributed by atoms with Crippen LogP contribution >= 0.6 is 11.3 Å². The Morgan fingerprint density at radius 3 is 2.55 bits per heavy atom. The minimum absolute atomic E-state index is 0. The SMILES string of the molecule is C[N+]1(CC2CCC2)CCc2c(sc(CC(=O)Cc3ccc4ccccc4c3)c2C(N)=O)C1.[I-]. The molecule has 1 saturated carbocycles. The molecule has 2 heterocycles. The highest BCUT2D eigenvalue weighted by atomic mass is 127. The van der Waals surface area contributed by atoms with Crippen molar-refractivity contribution in [2.24, 2.45) is 11.7 Å². The minimum atomic E-state index is -0.383. The van der Waals surface area contributed by atoms with Crippen LogP contribution in [0.3, 0.4) is 0 Å². The monoisotopic (exact) mass is 574 g/mol. The molecule has 2 N–H and O–H groups in total. The number of thiophene rings is 1. The first-order valence-electron chi connectivity index (χ1n) is 11.7. The van der Waals surface area contributed by atoms with Gasteiger partial charge in [-0.15, -0.1) is 11.3 Å². The highest BCUT2D eigenvalue weighted by Crippen LogP contribution is 2.38. The van der Waals surface area contributed by atoms with E-state index in [4.69, 9.17) is 5.73 Å². The second-order valence-corrected chi connectivity index (χ2v) is 11.2. The number of likely N-dealkylation sites (N-methyl/N-ethyl adjacent to an activating group) is 1. The van der Waals surface area contributed by atoms with E-state index in [1.54, 1.807) is 11.3 Å². The van der Waals surface area contributed by atoms with Crippen molar-refractivity contribution in [3.05, 3.63) is 68.9 Å². The van der Waals surface area contributed by atoms with Gasteiger partial charge in [0.2, 0.25) is 5.91 Å². The lowest BCUT2D eigenvalue weighted by Gasteiger charge is -2.42. The van der Waals surface area contributed by atoms with Gasteiger partial charge in [-0.3, -0.25) is 9.59 Å². The van der Waals surface area contributed by atoms with Crippen LogP contribution in [0.1, 0.15) is 50.5 Å². The number of Topliss-reactive ketones (excluding diaryl/α,β-unsaturated/α-hetero) is 1. The molecule has 33 heavy (non-hydrogen) atoms. The topological polar surface area (TPSA) is 60.2 Å². The van der Waals surface area contributed by atoms with Crippen LogP contribution in [0.25, 0.3) is 10.8 Å². The summed E-state index contributed by atoms with van der Waals surface area (Å²) < 4.78 is 1.04. The zero-order valence-electron chi connectivity index (χ0n) is 19.1. The van der Waals surface area contributed by atoms with Gasteiger partial charge in [0.15, 0.2) is 0 Å². The Morgan fingerprint density at radius 2 is 1.85 bits per heavy atom. The Morgan fingerprint density at radius 1 is 1.09 bits per heavy atom. The molecule has 0 saturated heterocycles. The summed E-state index contributed by atoms with van der Waals surface area (Å²) in [6.07, 6.45) is 5.62. The Balaban J connectivity index is 0.00000259. The molecule has 1 aliphatic carbocycles. The van der Waals surface area contributed by atoms with Crippen LogP contribution in [-0.2, 0) is 30.6 Å². The number of carbonyl (C=O) groups excluding carboxylic acids is 2.